The van der Waals surface area contributed by atoms with E-state index >= 15 is 0 Å². The van der Waals surface area contributed by atoms with Gasteiger partial charge in [-0.05, 0) is 31.4 Å². The van der Waals surface area contributed by atoms with Gasteiger partial charge in [-0.15, -0.1) is 5.10 Å². The van der Waals surface area contributed by atoms with Crippen LogP contribution in [0.2, 0.25) is 0 Å². The van der Waals surface area contributed by atoms with Gasteiger partial charge in [-0.3, -0.25) is 4.79 Å². The maximum Gasteiger partial charge on any atom is 0.208 e. The highest BCUT2D eigenvalue weighted by Gasteiger charge is 2.19. The molecule has 0 fully saturated rings. The molecule has 1 unspecified atom stereocenters. The number of hydrogen-bond acceptors (Lipinski definition) is 5. The zero-order valence-corrected chi connectivity index (χ0v) is 14.3. The summed E-state index contributed by atoms with van der Waals surface area (Å²) in [7, 11) is -3.32. The summed E-state index contributed by atoms with van der Waals surface area (Å²) in [4.78, 5) is 12.7. The van der Waals surface area contributed by atoms with Gasteiger partial charge >= 0.3 is 0 Å². The van der Waals surface area contributed by atoms with Crippen molar-refractivity contribution in [2.24, 2.45) is 22.5 Å². The molecule has 0 saturated carbocycles. The Balaban J connectivity index is 2.71. The summed E-state index contributed by atoms with van der Waals surface area (Å²) in [5.74, 6) is -0.239. The molecule has 0 saturated heterocycles. The van der Waals surface area contributed by atoms with Crippen molar-refractivity contribution >= 4 is 21.6 Å². The van der Waals surface area contributed by atoms with E-state index in [1.165, 1.54) is 12.1 Å². The number of nitrogens with two attached hydrogens (primary N) is 2. The molecular formula is C15H24N4O3S. The highest BCUT2D eigenvalue weighted by atomic mass is 32.2. The van der Waals surface area contributed by atoms with Crippen molar-refractivity contribution in [1.29, 1.82) is 0 Å². The fraction of sp³-hybridized carbons (Fsp3) is 0.467. The van der Waals surface area contributed by atoms with Gasteiger partial charge in [0.25, 0.3) is 0 Å². The Kier molecular flexibility index (Phi) is 7.02. The molecule has 1 aromatic carbocycles. The van der Waals surface area contributed by atoms with E-state index in [0.717, 1.165) is 12.7 Å². The van der Waals surface area contributed by atoms with Crippen LogP contribution in [0.3, 0.4) is 0 Å². The topological polar surface area (TPSA) is 128 Å². The second kappa shape index (κ2) is 8.52. The Labute approximate surface area is 137 Å². The van der Waals surface area contributed by atoms with Crippen molar-refractivity contribution in [3.8, 4) is 0 Å². The largest absolute Gasteiger partial charge is 0.369 e. The number of carbonyl (C=O) groups excluding carboxylic acids is 1. The molecule has 0 radical (unpaired) electrons. The van der Waals surface area contributed by atoms with E-state index in [2.05, 4.69) is 10.5 Å². The smallest absolute Gasteiger partial charge is 0.208 e. The van der Waals surface area contributed by atoms with E-state index < -0.39 is 9.84 Å². The lowest BCUT2D eigenvalue weighted by Gasteiger charge is -2.14. The first-order valence-electron chi connectivity index (χ1n) is 7.41. The molecular weight excluding hydrogens is 316 g/mol. The van der Waals surface area contributed by atoms with Crippen LogP contribution in [0.4, 0.5) is 0 Å². The predicted octanol–water partition coefficient (Wildman–Crippen LogP) is 0.857. The van der Waals surface area contributed by atoms with Crippen LogP contribution in [-0.4, -0.2) is 33.0 Å². The Morgan fingerprint density at radius 1 is 1.35 bits per heavy atom. The zero-order chi connectivity index (χ0) is 17.5. The highest BCUT2D eigenvalue weighted by molar-refractivity contribution is 7.90. The molecule has 128 valence electrons. The summed E-state index contributed by atoms with van der Waals surface area (Å²) in [6.07, 6.45) is 3.21. The lowest BCUT2D eigenvalue weighted by atomic mass is 9.91. The number of nitrogens with zero attached hydrogens (tertiary/aromatic N) is 1. The third-order valence-electron chi connectivity index (χ3n) is 3.46. The molecule has 0 aliphatic heterocycles. The number of rotatable bonds is 9. The molecule has 0 heterocycles. The van der Waals surface area contributed by atoms with Crippen molar-refractivity contribution < 1.29 is 13.2 Å². The van der Waals surface area contributed by atoms with Crippen molar-refractivity contribution in [3.63, 3.8) is 0 Å². The molecule has 1 rings (SSSR count). The van der Waals surface area contributed by atoms with E-state index in [1.54, 1.807) is 12.1 Å². The van der Waals surface area contributed by atoms with Crippen LogP contribution in [0.25, 0.3) is 0 Å². The zero-order valence-electron chi connectivity index (χ0n) is 13.5. The Hall–Kier alpha value is -2.09. The average molecular weight is 340 g/mol. The van der Waals surface area contributed by atoms with Gasteiger partial charge in [-0.2, -0.15) is 0 Å². The summed E-state index contributed by atoms with van der Waals surface area (Å²) < 4.78 is 23.2. The number of nitrogens with one attached hydrogen (secondary N) is 1. The van der Waals surface area contributed by atoms with Crippen molar-refractivity contribution in [1.82, 2.24) is 5.43 Å². The highest BCUT2D eigenvalue weighted by Crippen LogP contribution is 2.20. The number of hydrogen-bond donors (Lipinski definition) is 3. The average Bonchev–Trinajstić information content (AvgIpc) is 2.49. The van der Waals surface area contributed by atoms with Crippen LogP contribution in [0.5, 0.6) is 0 Å². The quantitative estimate of drug-likeness (QED) is 0.201. The molecule has 8 heteroatoms. The van der Waals surface area contributed by atoms with Crippen LogP contribution in [0.15, 0.2) is 34.3 Å². The normalized spacial score (nSPS) is 12.4. The van der Waals surface area contributed by atoms with Gasteiger partial charge in [0.2, 0.25) is 5.96 Å². The van der Waals surface area contributed by atoms with E-state index in [-0.39, 0.29) is 22.6 Å². The van der Waals surface area contributed by atoms with Crippen molar-refractivity contribution in [2.45, 2.75) is 31.1 Å². The monoisotopic (exact) mass is 340 g/mol. The van der Waals surface area contributed by atoms with Crippen molar-refractivity contribution in [3.05, 3.63) is 29.8 Å². The summed E-state index contributed by atoms with van der Waals surface area (Å²) in [5.41, 5.74) is 13.5. The lowest BCUT2D eigenvalue weighted by Crippen LogP contribution is -2.27. The minimum atomic E-state index is -3.32. The fourth-order valence-corrected chi connectivity index (χ4v) is 2.88. The Morgan fingerprint density at radius 2 is 2.04 bits per heavy atom. The maximum absolute atomic E-state index is 12.5. The van der Waals surface area contributed by atoms with Crippen LogP contribution < -0.4 is 16.9 Å². The number of ketones is 1. The second-order valence-corrected chi connectivity index (χ2v) is 7.37. The fourth-order valence-electron chi connectivity index (χ4n) is 2.21. The first-order valence-corrected chi connectivity index (χ1v) is 9.30. The third-order valence-corrected chi connectivity index (χ3v) is 4.57. The first-order chi connectivity index (χ1) is 10.8. The molecule has 23 heavy (non-hydrogen) atoms. The molecule has 0 aromatic heterocycles. The number of carbonyl (C=O) groups is 1. The SMILES string of the molecule is CCC(CCCNN=C(N)N)C(=O)c1cccc(S(C)(=O)=O)c1. The van der Waals surface area contributed by atoms with Gasteiger partial charge in [0, 0.05) is 24.3 Å². The van der Waals surface area contributed by atoms with E-state index in [0.29, 0.717) is 24.9 Å². The molecule has 0 bridgehead atoms. The summed E-state index contributed by atoms with van der Waals surface area (Å²) in [6, 6.07) is 6.18. The molecule has 1 aromatic rings. The van der Waals surface area contributed by atoms with E-state index in [1.807, 2.05) is 6.92 Å². The minimum Gasteiger partial charge on any atom is -0.369 e. The molecule has 0 amide bonds. The summed E-state index contributed by atoms with van der Waals surface area (Å²) in [5, 5.41) is 3.66. The predicted molar refractivity (Wildman–Crippen MR) is 90.7 cm³/mol. The number of guanidine groups is 1. The Bertz CT molecular complexity index is 667. The van der Waals surface area contributed by atoms with Gasteiger partial charge in [0.15, 0.2) is 15.6 Å². The third kappa shape index (κ3) is 6.27. The number of sulfone groups is 1. The van der Waals surface area contributed by atoms with Crippen LogP contribution >= 0.6 is 0 Å². The molecule has 5 N–H and O–H groups in total. The minimum absolute atomic E-state index is 0.0364. The number of hydrazone groups is 1. The number of Topliss-reactive ketones (excluding diaryl/α,β-unsaturated/α-hetero) is 1. The van der Waals surface area contributed by atoms with Gasteiger partial charge in [-0.1, -0.05) is 19.1 Å². The molecule has 0 aliphatic rings. The standard InChI is InChI=1S/C15H24N4O3S/c1-3-11(7-5-9-18-19-15(16)17)14(20)12-6-4-8-13(10-12)23(2,21)22/h4,6,8,10-11,18H,3,5,7,9H2,1-2H3,(H4,16,17,19). The van der Waals surface area contributed by atoms with Crippen LogP contribution in [-0.2, 0) is 9.84 Å². The number of benzene rings is 1. The molecule has 7 nitrogen and oxygen atoms in total. The van der Waals surface area contributed by atoms with E-state index in [4.69, 9.17) is 11.5 Å². The first kappa shape index (κ1) is 19.0. The Morgan fingerprint density at radius 3 is 2.61 bits per heavy atom. The summed E-state index contributed by atoms with van der Waals surface area (Å²) >= 11 is 0. The summed E-state index contributed by atoms with van der Waals surface area (Å²) in [6.45, 7) is 2.50. The van der Waals surface area contributed by atoms with Crippen LogP contribution in [0.1, 0.15) is 36.5 Å². The second-order valence-electron chi connectivity index (χ2n) is 5.36. The van der Waals surface area contributed by atoms with Gasteiger partial charge in [0.05, 0.1) is 4.90 Å². The lowest BCUT2D eigenvalue weighted by molar-refractivity contribution is 0.0908. The maximum atomic E-state index is 12.5. The van der Waals surface area contributed by atoms with Crippen LogP contribution in [0, 0.1) is 5.92 Å². The molecule has 0 aliphatic carbocycles. The van der Waals surface area contributed by atoms with Gasteiger partial charge in [-0.25, -0.2) is 8.42 Å². The van der Waals surface area contributed by atoms with E-state index in [9.17, 15) is 13.2 Å². The van der Waals surface area contributed by atoms with Gasteiger partial charge in [0.1, 0.15) is 0 Å². The molecule has 0 spiro atoms. The van der Waals surface area contributed by atoms with Gasteiger partial charge < -0.3 is 16.9 Å². The van der Waals surface area contributed by atoms with Crippen molar-refractivity contribution in [2.75, 3.05) is 12.8 Å². The molecule has 1 atom stereocenters.